The predicted octanol–water partition coefficient (Wildman–Crippen LogP) is 4.64. The lowest BCUT2D eigenvalue weighted by Crippen LogP contribution is -2.23. The van der Waals surface area contributed by atoms with Crippen molar-refractivity contribution < 1.29 is 0 Å². The van der Waals surface area contributed by atoms with Crippen molar-refractivity contribution in [3.05, 3.63) is 22.3 Å². The number of rotatable bonds is 4. The Morgan fingerprint density at radius 3 is 2.89 bits per heavy atom. The van der Waals surface area contributed by atoms with Crippen LogP contribution in [0.25, 0.3) is 10.7 Å². The fourth-order valence-corrected chi connectivity index (χ4v) is 4.06. The SMILES string of the molecule is CCC1(Cn2c(-c3cccs3)n[nH]c2=S)CCCC1. The van der Waals surface area contributed by atoms with Crippen LogP contribution >= 0.6 is 23.6 Å². The summed E-state index contributed by atoms with van der Waals surface area (Å²) in [6.45, 7) is 3.31. The van der Waals surface area contributed by atoms with Crippen LogP contribution < -0.4 is 0 Å². The summed E-state index contributed by atoms with van der Waals surface area (Å²) in [6, 6.07) is 4.17. The van der Waals surface area contributed by atoms with Crippen molar-refractivity contribution in [3.63, 3.8) is 0 Å². The molecule has 3 rings (SSSR count). The van der Waals surface area contributed by atoms with E-state index in [1.54, 1.807) is 11.3 Å². The monoisotopic (exact) mass is 293 g/mol. The van der Waals surface area contributed by atoms with Crippen molar-refractivity contribution >= 4 is 23.6 Å². The van der Waals surface area contributed by atoms with Crippen LogP contribution in [0.2, 0.25) is 0 Å². The minimum atomic E-state index is 0.425. The Morgan fingerprint density at radius 1 is 1.47 bits per heavy atom. The van der Waals surface area contributed by atoms with Crippen LogP contribution in [0.3, 0.4) is 0 Å². The summed E-state index contributed by atoms with van der Waals surface area (Å²) >= 11 is 7.15. The number of hydrogen-bond donors (Lipinski definition) is 1. The molecule has 0 atom stereocenters. The van der Waals surface area contributed by atoms with Gasteiger partial charge in [0.25, 0.3) is 0 Å². The molecule has 0 spiro atoms. The number of H-pyrrole nitrogens is 1. The third-order valence-corrected chi connectivity index (χ3v) is 5.59. The van der Waals surface area contributed by atoms with Gasteiger partial charge in [0.05, 0.1) is 4.88 Å². The third kappa shape index (κ3) is 2.41. The minimum Gasteiger partial charge on any atom is -0.299 e. The smallest absolute Gasteiger partial charge is 0.195 e. The van der Waals surface area contributed by atoms with Crippen LogP contribution in [0.5, 0.6) is 0 Å². The van der Waals surface area contributed by atoms with Crippen LogP contribution in [0.4, 0.5) is 0 Å². The van der Waals surface area contributed by atoms with E-state index in [2.05, 4.69) is 39.2 Å². The first-order valence-corrected chi connectivity index (χ1v) is 8.22. The van der Waals surface area contributed by atoms with Crippen LogP contribution in [-0.4, -0.2) is 14.8 Å². The maximum atomic E-state index is 5.43. The number of hydrogen-bond acceptors (Lipinski definition) is 3. The summed E-state index contributed by atoms with van der Waals surface area (Å²) in [5, 5.41) is 9.47. The standard InChI is InChI=1S/C14H19N3S2/c1-2-14(7-3-4-8-14)10-17-12(15-16-13(17)18)11-6-5-9-19-11/h5-6,9H,2-4,7-8,10H2,1H3,(H,16,18). The molecule has 3 nitrogen and oxygen atoms in total. The van der Waals surface area contributed by atoms with Gasteiger partial charge in [0, 0.05) is 6.54 Å². The lowest BCUT2D eigenvalue weighted by Gasteiger charge is -2.28. The van der Waals surface area contributed by atoms with Gasteiger partial charge in [-0.1, -0.05) is 25.8 Å². The number of aromatic amines is 1. The summed E-state index contributed by atoms with van der Waals surface area (Å²) in [6.07, 6.45) is 6.57. The first-order valence-electron chi connectivity index (χ1n) is 6.93. The third-order valence-electron chi connectivity index (χ3n) is 4.41. The van der Waals surface area contributed by atoms with Gasteiger partial charge in [0.2, 0.25) is 0 Å². The fourth-order valence-electron chi connectivity index (χ4n) is 3.14. The Kier molecular flexibility index (Phi) is 3.58. The van der Waals surface area contributed by atoms with Gasteiger partial charge < -0.3 is 0 Å². The molecule has 1 fully saturated rings. The molecule has 0 unspecified atom stereocenters. The van der Waals surface area contributed by atoms with E-state index in [1.165, 1.54) is 37.0 Å². The second-order valence-electron chi connectivity index (χ2n) is 5.48. The maximum Gasteiger partial charge on any atom is 0.195 e. The number of nitrogens with zero attached hydrogens (tertiary/aromatic N) is 2. The van der Waals surface area contributed by atoms with Crippen LogP contribution in [0.1, 0.15) is 39.0 Å². The molecule has 0 aromatic carbocycles. The zero-order valence-electron chi connectivity index (χ0n) is 11.2. The Morgan fingerprint density at radius 2 is 2.26 bits per heavy atom. The van der Waals surface area contributed by atoms with E-state index in [0.717, 1.165) is 17.1 Å². The molecule has 0 radical (unpaired) electrons. The summed E-state index contributed by atoms with van der Waals surface area (Å²) in [5.74, 6) is 1.000. The van der Waals surface area contributed by atoms with Gasteiger partial charge in [-0.3, -0.25) is 9.67 Å². The van der Waals surface area contributed by atoms with Gasteiger partial charge in [-0.05, 0) is 48.3 Å². The van der Waals surface area contributed by atoms with Crippen molar-refractivity contribution in [2.24, 2.45) is 5.41 Å². The Balaban J connectivity index is 1.97. The number of aromatic nitrogens is 3. The Hall–Kier alpha value is -0.940. The predicted molar refractivity (Wildman–Crippen MR) is 81.9 cm³/mol. The highest BCUT2D eigenvalue weighted by molar-refractivity contribution is 7.71. The fraction of sp³-hybridized carbons (Fsp3) is 0.571. The highest BCUT2D eigenvalue weighted by Crippen LogP contribution is 2.43. The molecule has 1 saturated carbocycles. The lowest BCUT2D eigenvalue weighted by molar-refractivity contribution is 0.237. The second-order valence-corrected chi connectivity index (χ2v) is 6.81. The molecular formula is C14H19N3S2. The highest BCUT2D eigenvalue weighted by atomic mass is 32.1. The summed E-state index contributed by atoms with van der Waals surface area (Å²) in [5.41, 5.74) is 0.425. The largest absolute Gasteiger partial charge is 0.299 e. The molecule has 2 heterocycles. The summed E-state index contributed by atoms with van der Waals surface area (Å²) < 4.78 is 2.96. The molecule has 0 amide bonds. The zero-order valence-corrected chi connectivity index (χ0v) is 12.8. The van der Waals surface area contributed by atoms with E-state index in [0.29, 0.717) is 5.41 Å². The lowest BCUT2D eigenvalue weighted by atomic mass is 9.83. The van der Waals surface area contributed by atoms with Gasteiger partial charge in [0.1, 0.15) is 0 Å². The molecule has 1 aliphatic carbocycles. The zero-order chi connectivity index (χ0) is 13.3. The van der Waals surface area contributed by atoms with E-state index < -0.39 is 0 Å². The Labute approximate surface area is 122 Å². The molecule has 2 aromatic rings. The second kappa shape index (κ2) is 5.21. The topological polar surface area (TPSA) is 33.6 Å². The molecule has 0 bridgehead atoms. The van der Waals surface area contributed by atoms with E-state index >= 15 is 0 Å². The van der Waals surface area contributed by atoms with Crippen molar-refractivity contribution in [3.8, 4) is 10.7 Å². The Bertz CT molecular complexity index is 588. The van der Waals surface area contributed by atoms with Gasteiger partial charge in [-0.25, -0.2) is 0 Å². The van der Waals surface area contributed by atoms with Gasteiger partial charge in [-0.2, -0.15) is 5.10 Å². The van der Waals surface area contributed by atoms with E-state index in [4.69, 9.17) is 12.2 Å². The molecule has 0 aliphatic heterocycles. The van der Waals surface area contributed by atoms with Crippen molar-refractivity contribution in [1.82, 2.24) is 14.8 Å². The summed E-state index contributed by atoms with van der Waals surface area (Å²) in [4.78, 5) is 1.19. The first-order chi connectivity index (χ1) is 9.24. The van der Waals surface area contributed by atoms with Crippen molar-refractivity contribution in [2.45, 2.75) is 45.6 Å². The molecule has 5 heteroatoms. The molecule has 0 saturated heterocycles. The quantitative estimate of drug-likeness (QED) is 0.833. The molecule has 2 aromatic heterocycles. The minimum absolute atomic E-state index is 0.425. The average Bonchev–Trinajstić information content (AvgIpc) is 3.13. The summed E-state index contributed by atoms with van der Waals surface area (Å²) in [7, 11) is 0. The molecule has 1 aliphatic rings. The van der Waals surface area contributed by atoms with E-state index in [-0.39, 0.29) is 0 Å². The van der Waals surface area contributed by atoms with Crippen molar-refractivity contribution in [2.75, 3.05) is 0 Å². The van der Waals surface area contributed by atoms with Gasteiger partial charge in [-0.15, -0.1) is 11.3 Å². The number of thiophene rings is 1. The molecule has 1 N–H and O–H groups in total. The van der Waals surface area contributed by atoms with E-state index in [9.17, 15) is 0 Å². The van der Waals surface area contributed by atoms with Crippen molar-refractivity contribution in [1.29, 1.82) is 0 Å². The molecular weight excluding hydrogens is 274 g/mol. The van der Waals surface area contributed by atoms with Gasteiger partial charge >= 0.3 is 0 Å². The van der Waals surface area contributed by atoms with E-state index in [1.807, 2.05) is 0 Å². The van der Waals surface area contributed by atoms with Crippen LogP contribution in [0, 0.1) is 10.2 Å². The average molecular weight is 293 g/mol. The number of nitrogens with one attached hydrogen (secondary N) is 1. The highest BCUT2D eigenvalue weighted by Gasteiger charge is 2.33. The first kappa shape index (κ1) is 13.1. The normalized spacial score (nSPS) is 17.9. The molecule has 102 valence electrons. The molecule has 19 heavy (non-hydrogen) atoms. The maximum absolute atomic E-state index is 5.43. The van der Waals surface area contributed by atoms with Crippen LogP contribution in [0.15, 0.2) is 17.5 Å². The van der Waals surface area contributed by atoms with Crippen LogP contribution in [-0.2, 0) is 6.54 Å². The van der Waals surface area contributed by atoms with Gasteiger partial charge in [0.15, 0.2) is 10.6 Å².